The van der Waals surface area contributed by atoms with Crippen LogP contribution in [0.3, 0.4) is 0 Å². The molecule has 0 amide bonds. The minimum Gasteiger partial charge on any atom is -0.376 e. The highest BCUT2D eigenvalue weighted by atomic mass is 79.9. The number of thiazole rings is 1. The van der Waals surface area contributed by atoms with Gasteiger partial charge in [-0.15, -0.1) is 11.3 Å². The Kier molecular flexibility index (Phi) is 4.36. The van der Waals surface area contributed by atoms with Crippen LogP contribution in [0.25, 0.3) is 0 Å². The van der Waals surface area contributed by atoms with E-state index in [0.29, 0.717) is 16.7 Å². The van der Waals surface area contributed by atoms with E-state index in [1.807, 2.05) is 27.0 Å². The zero-order chi connectivity index (χ0) is 14.0. The van der Waals surface area contributed by atoms with E-state index in [9.17, 15) is 4.79 Å². The van der Waals surface area contributed by atoms with E-state index in [2.05, 4.69) is 31.3 Å². The van der Waals surface area contributed by atoms with Crippen LogP contribution in [-0.4, -0.2) is 14.8 Å². The van der Waals surface area contributed by atoms with Gasteiger partial charge in [0.15, 0.2) is 0 Å². The fraction of sp³-hybridized carbons (Fsp3) is 0.417. The van der Waals surface area contributed by atoms with Crippen molar-refractivity contribution in [1.82, 2.24) is 14.8 Å². The summed E-state index contributed by atoms with van der Waals surface area (Å²) >= 11 is 4.96. The number of rotatable bonds is 4. The van der Waals surface area contributed by atoms with Gasteiger partial charge in [-0.3, -0.25) is 4.79 Å². The Morgan fingerprint density at radius 2 is 2.21 bits per heavy atom. The van der Waals surface area contributed by atoms with E-state index < -0.39 is 0 Å². The second kappa shape index (κ2) is 5.83. The van der Waals surface area contributed by atoms with Gasteiger partial charge < -0.3 is 5.32 Å². The van der Waals surface area contributed by atoms with Crippen molar-refractivity contribution in [2.24, 2.45) is 0 Å². The number of hydrogen-bond acceptors (Lipinski definition) is 5. The van der Waals surface area contributed by atoms with Crippen LogP contribution in [0.4, 0.5) is 5.69 Å². The van der Waals surface area contributed by atoms with Gasteiger partial charge in [-0.2, -0.15) is 5.10 Å². The molecule has 0 unspecified atom stereocenters. The molecular weight excluding hydrogens is 328 g/mol. The Hall–Kier alpha value is -1.21. The standard InChI is InChI=1S/C12H15BrN4OS/c1-7(2)17-12(18)11(13)9(5-16-17)14-6-10-15-4-8(3)19-10/h4-5,7,14H,6H2,1-3H3. The van der Waals surface area contributed by atoms with E-state index in [1.54, 1.807) is 17.5 Å². The van der Waals surface area contributed by atoms with Gasteiger partial charge >= 0.3 is 0 Å². The topological polar surface area (TPSA) is 59.8 Å². The molecule has 0 radical (unpaired) electrons. The highest BCUT2D eigenvalue weighted by Crippen LogP contribution is 2.19. The predicted octanol–water partition coefficient (Wildman–Crippen LogP) is 2.96. The monoisotopic (exact) mass is 342 g/mol. The number of halogens is 1. The lowest BCUT2D eigenvalue weighted by atomic mass is 10.4. The molecule has 0 fully saturated rings. The zero-order valence-electron chi connectivity index (χ0n) is 11.0. The molecule has 5 nitrogen and oxygen atoms in total. The van der Waals surface area contributed by atoms with Crippen molar-refractivity contribution >= 4 is 33.0 Å². The Morgan fingerprint density at radius 1 is 1.47 bits per heavy atom. The van der Waals surface area contributed by atoms with Gasteiger partial charge in [0.25, 0.3) is 5.56 Å². The van der Waals surface area contributed by atoms with Crippen LogP contribution in [-0.2, 0) is 6.54 Å². The molecule has 2 rings (SSSR count). The fourth-order valence-corrected chi connectivity index (χ4v) is 2.74. The third-order valence-corrected chi connectivity index (χ3v) is 4.21. The normalized spacial score (nSPS) is 11.0. The lowest BCUT2D eigenvalue weighted by Gasteiger charge is -2.11. The van der Waals surface area contributed by atoms with Gasteiger partial charge in [-0.25, -0.2) is 9.67 Å². The van der Waals surface area contributed by atoms with E-state index in [0.717, 1.165) is 5.01 Å². The molecule has 0 saturated carbocycles. The first-order chi connectivity index (χ1) is 8.99. The lowest BCUT2D eigenvalue weighted by molar-refractivity contribution is 0.501. The second-order valence-electron chi connectivity index (χ2n) is 4.43. The van der Waals surface area contributed by atoms with Gasteiger partial charge in [0.05, 0.1) is 24.5 Å². The van der Waals surface area contributed by atoms with Crippen LogP contribution in [0.2, 0.25) is 0 Å². The highest BCUT2D eigenvalue weighted by molar-refractivity contribution is 9.10. The summed E-state index contributed by atoms with van der Waals surface area (Å²) in [7, 11) is 0. The number of hydrogen-bond donors (Lipinski definition) is 1. The fourth-order valence-electron chi connectivity index (χ4n) is 1.59. The van der Waals surface area contributed by atoms with Crippen molar-refractivity contribution in [3.63, 3.8) is 0 Å². The molecule has 2 aromatic heterocycles. The molecule has 2 heterocycles. The largest absolute Gasteiger partial charge is 0.376 e. The van der Waals surface area contributed by atoms with E-state index in [-0.39, 0.29) is 11.6 Å². The number of aryl methyl sites for hydroxylation is 1. The number of nitrogens with zero attached hydrogens (tertiary/aromatic N) is 3. The molecule has 102 valence electrons. The summed E-state index contributed by atoms with van der Waals surface area (Å²) in [6.07, 6.45) is 3.50. The molecule has 0 atom stereocenters. The molecule has 7 heteroatoms. The number of anilines is 1. The summed E-state index contributed by atoms with van der Waals surface area (Å²) < 4.78 is 1.95. The average molecular weight is 343 g/mol. The van der Waals surface area contributed by atoms with Gasteiger partial charge in [-0.1, -0.05) is 0 Å². The molecule has 19 heavy (non-hydrogen) atoms. The van der Waals surface area contributed by atoms with Crippen LogP contribution < -0.4 is 10.9 Å². The summed E-state index contributed by atoms with van der Waals surface area (Å²) in [4.78, 5) is 17.5. The van der Waals surface area contributed by atoms with Crippen LogP contribution in [0.1, 0.15) is 29.8 Å². The summed E-state index contributed by atoms with van der Waals surface area (Å²) in [6, 6.07) is 0.0412. The minimum absolute atomic E-state index is 0.0412. The van der Waals surface area contributed by atoms with Gasteiger partial charge in [0.1, 0.15) is 9.48 Å². The van der Waals surface area contributed by atoms with Crippen molar-refractivity contribution in [3.8, 4) is 0 Å². The molecule has 0 aliphatic rings. The van der Waals surface area contributed by atoms with Crippen molar-refractivity contribution in [1.29, 1.82) is 0 Å². The quantitative estimate of drug-likeness (QED) is 0.927. The Labute approximate surface area is 123 Å². The average Bonchev–Trinajstić information content (AvgIpc) is 2.76. The SMILES string of the molecule is Cc1cnc(CNc2cnn(C(C)C)c(=O)c2Br)s1. The van der Waals surface area contributed by atoms with Crippen LogP contribution >= 0.6 is 27.3 Å². The number of nitrogens with one attached hydrogen (secondary N) is 1. The van der Waals surface area contributed by atoms with E-state index in [1.165, 1.54) is 9.56 Å². The first-order valence-corrected chi connectivity index (χ1v) is 7.52. The molecule has 0 bridgehead atoms. The van der Waals surface area contributed by atoms with E-state index in [4.69, 9.17) is 0 Å². The van der Waals surface area contributed by atoms with Crippen LogP contribution in [0, 0.1) is 6.92 Å². The van der Waals surface area contributed by atoms with Crippen LogP contribution in [0.15, 0.2) is 21.7 Å². The maximum atomic E-state index is 12.0. The Morgan fingerprint density at radius 3 is 2.79 bits per heavy atom. The van der Waals surface area contributed by atoms with Crippen molar-refractivity contribution in [3.05, 3.63) is 37.1 Å². The summed E-state index contributed by atoms with van der Waals surface area (Å²) in [6.45, 7) is 6.45. The smallest absolute Gasteiger partial charge is 0.283 e. The van der Waals surface area contributed by atoms with E-state index >= 15 is 0 Å². The first-order valence-electron chi connectivity index (χ1n) is 5.91. The summed E-state index contributed by atoms with van der Waals surface area (Å²) in [5.74, 6) is 0. The predicted molar refractivity (Wildman–Crippen MR) is 80.8 cm³/mol. The van der Waals surface area contributed by atoms with Crippen molar-refractivity contribution in [2.45, 2.75) is 33.4 Å². The summed E-state index contributed by atoms with van der Waals surface area (Å²) in [5, 5.41) is 8.31. The maximum absolute atomic E-state index is 12.0. The molecule has 2 aromatic rings. The summed E-state index contributed by atoms with van der Waals surface area (Å²) in [5.41, 5.74) is 0.560. The van der Waals surface area contributed by atoms with Gasteiger partial charge in [-0.05, 0) is 36.7 Å². The van der Waals surface area contributed by atoms with Gasteiger partial charge in [0, 0.05) is 11.1 Å². The highest BCUT2D eigenvalue weighted by Gasteiger charge is 2.11. The second-order valence-corrected chi connectivity index (χ2v) is 6.55. The molecule has 0 aliphatic heterocycles. The molecule has 0 aliphatic carbocycles. The van der Waals surface area contributed by atoms with Gasteiger partial charge in [0.2, 0.25) is 0 Å². The first kappa shape index (κ1) is 14.2. The van der Waals surface area contributed by atoms with Crippen LogP contribution in [0.5, 0.6) is 0 Å². The molecule has 0 spiro atoms. The zero-order valence-corrected chi connectivity index (χ0v) is 13.4. The molecular formula is C12H15BrN4OS. The Balaban J connectivity index is 2.18. The third kappa shape index (κ3) is 3.22. The molecule has 0 aromatic carbocycles. The maximum Gasteiger partial charge on any atom is 0.283 e. The minimum atomic E-state index is -0.129. The van der Waals surface area contributed by atoms with Crippen molar-refractivity contribution < 1.29 is 0 Å². The van der Waals surface area contributed by atoms with Crippen molar-refractivity contribution in [2.75, 3.05) is 5.32 Å². The third-order valence-electron chi connectivity index (χ3n) is 2.53. The number of aromatic nitrogens is 3. The molecule has 1 N–H and O–H groups in total. The molecule has 0 saturated heterocycles. The Bertz CT molecular complexity index is 635. The lowest BCUT2D eigenvalue weighted by Crippen LogP contribution is -2.26.